The maximum atomic E-state index is 13.2. The number of nitrogens with zero attached hydrogens (tertiary/aromatic N) is 4. The molecule has 0 radical (unpaired) electrons. The van der Waals surface area contributed by atoms with Gasteiger partial charge in [-0.25, -0.2) is 24.1 Å². The van der Waals surface area contributed by atoms with Gasteiger partial charge in [0.25, 0.3) is 0 Å². The average Bonchev–Trinajstić information content (AvgIpc) is 3.60. The van der Waals surface area contributed by atoms with Crippen molar-refractivity contribution in [3.63, 3.8) is 0 Å². The summed E-state index contributed by atoms with van der Waals surface area (Å²) in [5, 5.41) is 21.2. The predicted molar refractivity (Wildman–Crippen MR) is 171 cm³/mol. The Morgan fingerprint density at radius 1 is 0.836 bits per heavy atom. The molecule has 0 aliphatic carbocycles. The van der Waals surface area contributed by atoms with Crippen molar-refractivity contribution in [1.29, 1.82) is 0 Å². The highest BCUT2D eigenvalue weighted by Crippen LogP contribution is 2.61. The van der Waals surface area contributed by atoms with Gasteiger partial charge in [0.1, 0.15) is 42.9 Å². The summed E-state index contributed by atoms with van der Waals surface area (Å²) in [6.45, 7) is 2.71. The first kappa shape index (κ1) is 43.5. The molecule has 0 amide bonds. The zero-order chi connectivity index (χ0) is 41.0. The fourth-order valence-electron chi connectivity index (χ4n) is 5.42. The van der Waals surface area contributed by atoms with E-state index in [1.165, 1.54) is 10.9 Å². The molecule has 4 rings (SSSR count). The summed E-state index contributed by atoms with van der Waals surface area (Å²) in [5.41, 5.74) is 6.00. The molecule has 2 aliphatic heterocycles. The van der Waals surface area contributed by atoms with Crippen LogP contribution in [0, 0.1) is 0 Å². The average molecular weight is 830 g/mol. The van der Waals surface area contributed by atoms with E-state index in [0.717, 1.165) is 40.9 Å². The molecule has 306 valence electrons. The monoisotopic (exact) mass is 829 g/mol. The molecule has 2 fully saturated rings. The van der Waals surface area contributed by atoms with Crippen molar-refractivity contribution in [2.24, 2.45) is 0 Å². The van der Waals surface area contributed by atoms with E-state index in [1.54, 1.807) is 0 Å². The maximum Gasteiger partial charge on any atom is 0.483 e. The second kappa shape index (κ2) is 17.7. The van der Waals surface area contributed by atoms with E-state index in [4.69, 9.17) is 47.9 Å². The second-order valence-corrected chi connectivity index (χ2v) is 14.7. The summed E-state index contributed by atoms with van der Waals surface area (Å²) < 4.78 is 78.4. The highest BCUT2D eigenvalue weighted by Gasteiger charge is 2.57. The predicted octanol–water partition coefficient (Wildman–Crippen LogP) is -1.71. The zero-order valence-electron chi connectivity index (χ0n) is 29.3. The lowest BCUT2D eigenvalue weighted by atomic mass is 9.94. The van der Waals surface area contributed by atoms with E-state index in [0.29, 0.717) is 0 Å². The van der Waals surface area contributed by atoms with E-state index in [2.05, 4.69) is 19.3 Å². The molecule has 5 unspecified atom stereocenters. The minimum atomic E-state index is -5.95. The van der Waals surface area contributed by atoms with E-state index >= 15 is 0 Å². The molecule has 2 aliphatic rings. The van der Waals surface area contributed by atoms with E-state index < -0.39 is 120 Å². The van der Waals surface area contributed by atoms with Crippen LogP contribution in [0.15, 0.2) is 12.7 Å². The van der Waals surface area contributed by atoms with Gasteiger partial charge in [0, 0.05) is 34.6 Å². The number of imidazole rings is 1. The number of hydrogen-bond acceptors (Lipinski definition) is 23. The Kier molecular flexibility index (Phi) is 14.0. The van der Waals surface area contributed by atoms with Gasteiger partial charge in [-0.15, -0.1) is 0 Å². The molecule has 2 aromatic heterocycles. The van der Waals surface area contributed by atoms with Gasteiger partial charge in [-0.3, -0.25) is 37.6 Å². The molecule has 6 N–H and O–H groups in total. The number of aromatic nitrogens is 4. The van der Waals surface area contributed by atoms with Crippen LogP contribution in [0.5, 0.6) is 0 Å². The van der Waals surface area contributed by atoms with Crippen LogP contribution in [0.3, 0.4) is 0 Å². The van der Waals surface area contributed by atoms with Gasteiger partial charge in [-0.2, -0.15) is 4.31 Å². The molecule has 2 saturated heterocycles. The van der Waals surface area contributed by atoms with Crippen molar-refractivity contribution in [2.75, 3.05) is 18.9 Å². The number of hydrogen-bond donors (Lipinski definition) is 5. The standard InChI is InChI=1S/C27H37N5O21P2/c1-10(33)44-6-16(46-11(2)34)20-21(47-12(3)35)22(48-13(4)36)23(49-14(5)37)27(51-20)52-55(42,43)53-54(40,41)45-7-15-18(38)19(39)26(50-15)32-9-31-17-24(28)29-8-30-25(17)32/h8-9,15-16,18-23,26-27,38-39H,6-7H2,1-5H3,(H,40,41)(H,42,43)(H2,28,29,30)/t15-,16-,18?,19+,20?,21-,22+,23?,26-,27+/m1/s1. The number of aliphatic hydroxyl groups excluding tert-OH is 2. The summed E-state index contributed by atoms with van der Waals surface area (Å²) in [7, 11) is -11.7. The van der Waals surface area contributed by atoms with Gasteiger partial charge in [0.2, 0.25) is 6.29 Å². The number of nitrogens with two attached hydrogens (primary N) is 1. The van der Waals surface area contributed by atoms with Crippen molar-refractivity contribution >= 4 is 62.5 Å². The maximum absolute atomic E-state index is 13.2. The molecule has 26 nitrogen and oxygen atoms in total. The lowest BCUT2D eigenvalue weighted by molar-refractivity contribution is -0.301. The lowest BCUT2D eigenvalue weighted by Crippen LogP contribution is -2.65. The van der Waals surface area contributed by atoms with E-state index in [9.17, 15) is 53.1 Å². The quantitative estimate of drug-likeness (QED) is 0.0758. The fraction of sp³-hybridized carbons (Fsp3) is 0.630. The molecule has 0 spiro atoms. The Morgan fingerprint density at radius 3 is 2.05 bits per heavy atom. The highest BCUT2D eigenvalue weighted by molar-refractivity contribution is 7.61. The third-order valence-corrected chi connectivity index (χ3v) is 10.0. The Morgan fingerprint density at radius 2 is 1.45 bits per heavy atom. The Balaban J connectivity index is 1.57. The number of nitrogen functional groups attached to an aromatic ring is 1. The van der Waals surface area contributed by atoms with Gasteiger partial charge in [-0.05, 0) is 0 Å². The zero-order valence-corrected chi connectivity index (χ0v) is 31.1. The number of rotatable bonds is 15. The van der Waals surface area contributed by atoms with Gasteiger partial charge < -0.3 is 58.9 Å². The third kappa shape index (κ3) is 11.2. The van der Waals surface area contributed by atoms with Crippen LogP contribution in [0.4, 0.5) is 5.82 Å². The van der Waals surface area contributed by atoms with Crippen LogP contribution < -0.4 is 5.73 Å². The van der Waals surface area contributed by atoms with E-state index in [1.807, 2.05) is 0 Å². The smallest absolute Gasteiger partial charge is 0.462 e. The minimum Gasteiger partial charge on any atom is -0.462 e. The van der Waals surface area contributed by atoms with Crippen molar-refractivity contribution < 1.29 is 99.6 Å². The van der Waals surface area contributed by atoms with Gasteiger partial charge in [0.15, 0.2) is 42.1 Å². The van der Waals surface area contributed by atoms with Crippen LogP contribution in [-0.4, -0.2) is 138 Å². The number of ether oxygens (including phenoxy) is 7. The third-order valence-electron chi connectivity index (χ3n) is 7.42. The number of carbonyl (C=O) groups excluding carboxylic acids is 5. The normalized spacial score (nSPS) is 29.3. The number of phosphoric ester groups is 2. The molecule has 55 heavy (non-hydrogen) atoms. The lowest BCUT2D eigenvalue weighted by Gasteiger charge is -2.45. The molecule has 2 aromatic rings. The number of aliphatic hydroxyl groups is 2. The Bertz CT molecular complexity index is 1860. The highest BCUT2D eigenvalue weighted by atomic mass is 31.3. The summed E-state index contributed by atoms with van der Waals surface area (Å²) >= 11 is 0. The molecular formula is C27H37N5O21P2. The van der Waals surface area contributed by atoms with Crippen molar-refractivity contribution in [1.82, 2.24) is 19.5 Å². The van der Waals surface area contributed by atoms with Crippen molar-refractivity contribution in [3.8, 4) is 0 Å². The molecule has 12 atom stereocenters. The first-order chi connectivity index (χ1) is 25.6. The second-order valence-electron chi connectivity index (χ2n) is 11.7. The molecule has 28 heteroatoms. The molecular weight excluding hydrogens is 792 g/mol. The SMILES string of the molecule is CC(=O)OC[C@@H](OC(C)=O)C1O[C@@H](OP(=O)(O)OP(=O)(O)OC[C@H]2O[C@@H](n3cnc4c(N)ncnc43)[C@@H](O)C2O)C(OC(C)=O)[C@@H](OC(C)=O)[C@@H]1OC(C)=O. The van der Waals surface area contributed by atoms with Crippen LogP contribution in [0.1, 0.15) is 40.8 Å². The Labute approximate surface area is 309 Å². The summed E-state index contributed by atoms with van der Waals surface area (Å²) in [6, 6.07) is 0. The van der Waals surface area contributed by atoms with Crippen LogP contribution in [0.2, 0.25) is 0 Å². The summed E-state index contributed by atoms with van der Waals surface area (Å²) in [4.78, 5) is 92.9. The number of anilines is 1. The van der Waals surface area contributed by atoms with Gasteiger partial charge in [0.05, 0.1) is 12.9 Å². The largest absolute Gasteiger partial charge is 0.483 e. The number of esters is 5. The van der Waals surface area contributed by atoms with Crippen molar-refractivity contribution in [3.05, 3.63) is 12.7 Å². The van der Waals surface area contributed by atoms with Crippen molar-refractivity contribution in [2.45, 2.75) is 96.0 Å². The summed E-state index contributed by atoms with van der Waals surface area (Å²) in [5.74, 6) is -5.18. The first-order valence-corrected chi connectivity index (χ1v) is 18.7. The fourth-order valence-corrected chi connectivity index (χ4v) is 7.58. The number of carbonyl (C=O) groups is 5. The van der Waals surface area contributed by atoms with Crippen LogP contribution >= 0.6 is 15.6 Å². The van der Waals surface area contributed by atoms with E-state index in [-0.39, 0.29) is 17.0 Å². The molecule has 4 heterocycles. The number of fused-ring (bicyclic) bond motifs is 1. The molecule has 0 saturated carbocycles. The van der Waals surface area contributed by atoms with Crippen LogP contribution in [0.25, 0.3) is 11.2 Å². The number of phosphoric acid groups is 2. The minimum absolute atomic E-state index is 0.00339. The first-order valence-electron chi connectivity index (χ1n) is 15.7. The van der Waals surface area contributed by atoms with Gasteiger partial charge in [-0.1, -0.05) is 0 Å². The van der Waals surface area contributed by atoms with Gasteiger partial charge >= 0.3 is 45.5 Å². The van der Waals surface area contributed by atoms with Crippen LogP contribution in [-0.2, 0) is 79.6 Å². The molecule has 0 aromatic carbocycles. The summed E-state index contributed by atoms with van der Waals surface area (Å²) in [6.07, 6.45) is -16.2. The molecule has 0 bridgehead atoms. The topological polar surface area (TPSA) is 362 Å². The Hall–Kier alpha value is -4.20.